The van der Waals surface area contributed by atoms with Crippen molar-refractivity contribution in [2.24, 2.45) is 0 Å². The molecule has 3 aromatic rings. The highest BCUT2D eigenvalue weighted by molar-refractivity contribution is 5.98. The minimum absolute atomic E-state index is 0.0466. The van der Waals surface area contributed by atoms with Crippen molar-refractivity contribution < 1.29 is 20.4 Å². The molecule has 0 spiro atoms. The molecule has 0 amide bonds. The van der Waals surface area contributed by atoms with Gasteiger partial charge in [0.05, 0.1) is 6.10 Å². The third kappa shape index (κ3) is 2.42. The first-order chi connectivity index (χ1) is 12.9. The average Bonchev–Trinajstić information content (AvgIpc) is 3.06. The van der Waals surface area contributed by atoms with Crippen molar-refractivity contribution in [3.63, 3.8) is 0 Å². The molecule has 5 rings (SSSR count). The predicted octanol–water partition coefficient (Wildman–Crippen LogP) is 1.65. The van der Waals surface area contributed by atoms with Gasteiger partial charge in [-0.25, -0.2) is 4.90 Å². The summed E-state index contributed by atoms with van der Waals surface area (Å²) in [5, 5.41) is 43.3. The molecule has 0 saturated carbocycles. The lowest BCUT2D eigenvalue weighted by Crippen LogP contribution is -2.57. The molecule has 0 bridgehead atoms. The van der Waals surface area contributed by atoms with Gasteiger partial charge < -0.3 is 25.4 Å². The Balaban J connectivity index is 1.64. The number of nitrogens with one attached hydrogen (secondary N) is 1. The Labute approximate surface area is 155 Å². The van der Waals surface area contributed by atoms with Crippen LogP contribution in [-0.4, -0.2) is 49.0 Å². The van der Waals surface area contributed by atoms with Crippen LogP contribution in [0, 0.1) is 0 Å². The predicted molar refractivity (Wildman–Crippen MR) is 101 cm³/mol. The molecule has 1 aliphatic heterocycles. The van der Waals surface area contributed by atoms with Gasteiger partial charge in [-0.1, -0.05) is 24.3 Å². The van der Waals surface area contributed by atoms with Gasteiger partial charge in [-0.15, -0.1) is 0 Å². The fourth-order valence-electron chi connectivity index (χ4n) is 4.45. The zero-order valence-corrected chi connectivity index (χ0v) is 14.5. The lowest BCUT2D eigenvalue weighted by Gasteiger charge is -2.46. The van der Waals surface area contributed by atoms with Crippen LogP contribution in [0.4, 0.5) is 0 Å². The van der Waals surface area contributed by atoms with Crippen LogP contribution in [0.2, 0.25) is 0 Å². The number of aliphatic hydroxyl groups excluding tert-OH is 1. The third-order valence-electron chi connectivity index (χ3n) is 5.64. The summed E-state index contributed by atoms with van der Waals surface area (Å²) in [6.45, 7) is 0.0759. The van der Waals surface area contributed by atoms with Crippen molar-refractivity contribution in [1.82, 2.24) is 9.88 Å². The Kier molecular flexibility index (Phi) is 3.47. The van der Waals surface area contributed by atoms with Crippen LogP contribution in [0.1, 0.15) is 16.7 Å². The number of fused-ring (bicyclic) bond motifs is 2. The van der Waals surface area contributed by atoms with Gasteiger partial charge in [-0.2, -0.15) is 0 Å². The number of nitrogens with zero attached hydrogens (tertiary/aromatic N) is 1. The van der Waals surface area contributed by atoms with E-state index in [1.165, 1.54) is 17.0 Å². The minimum atomic E-state index is -2.33. The topological polar surface area (TPSA) is 99.9 Å². The van der Waals surface area contributed by atoms with Crippen LogP contribution in [0.25, 0.3) is 16.5 Å². The number of β-amino-alcohol motifs (C(OH)–C–C–N with tert-alkyl or cyclic N) is 1. The highest BCUT2D eigenvalue weighted by atomic mass is 16.5. The van der Waals surface area contributed by atoms with Crippen molar-refractivity contribution in [2.45, 2.75) is 24.5 Å². The molecule has 2 heterocycles. The van der Waals surface area contributed by atoms with Crippen molar-refractivity contribution >= 4 is 16.5 Å². The number of H-pyrrole nitrogens is 1. The largest absolute Gasteiger partial charge is 0.508 e. The average molecular weight is 364 g/mol. The zero-order valence-electron chi connectivity index (χ0n) is 14.5. The monoisotopic (exact) mass is 364 g/mol. The fraction of sp³-hybridized carbons (Fsp3) is 0.238. The van der Waals surface area contributed by atoms with Crippen molar-refractivity contribution in [3.05, 3.63) is 71.4 Å². The van der Waals surface area contributed by atoms with Crippen LogP contribution < -0.4 is 0 Å². The zero-order chi connectivity index (χ0) is 18.8. The molecule has 1 aromatic heterocycles. The van der Waals surface area contributed by atoms with Gasteiger partial charge in [0.25, 0.3) is 5.91 Å². The third-order valence-corrected chi connectivity index (χ3v) is 5.64. The maximum atomic E-state index is 11.0. The van der Waals surface area contributed by atoms with Crippen LogP contribution >= 0.6 is 0 Å². The first kappa shape index (κ1) is 16.5. The van der Waals surface area contributed by atoms with Gasteiger partial charge in [0.15, 0.2) is 0 Å². The van der Waals surface area contributed by atoms with Crippen LogP contribution in [0.15, 0.2) is 54.7 Å². The molecule has 6 heteroatoms. The molecule has 5 N–H and O–H groups in total. The summed E-state index contributed by atoms with van der Waals surface area (Å²) >= 11 is 0. The Bertz CT molecular complexity index is 1070. The van der Waals surface area contributed by atoms with E-state index in [-0.39, 0.29) is 23.9 Å². The summed E-state index contributed by atoms with van der Waals surface area (Å²) in [5.41, 5.74) is 4.18. The second kappa shape index (κ2) is 5.68. The van der Waals surface area contributed by atoms with Gasteiger partial charge in [0.1, 0.15) is 5.75 Å². The van der Waals surface area contributed by atoms with Gasteiger partial charge in [-0.3, -0.25) is 0 Å². The van der Waals surface area contributed by atoms with Crippen molar-refractivity contribution in [1.29, 1.82) is 0 Å². The summed E-state index contributed by atoms with van der Waals surface area (Å²) < 4.78 is 0. The molecule has 2 atom stereocenters. The van der Waals surface area contributed by atoms with Gasteiger partial charge in [0, 0.05) is 35.2 Å². The van der Waals surface area contributed by atoms with E-state index in [0.717, 1.165) is 27.6 Å². The molecule has 0 fully saturated rings. The summed E-state index contributed by atoms with van der Waals surface area (Å²) in [6.07, 6.45) is 3.53. The molecular weight excluding hydrogens is 344 g/mol. The molecule has 2 unspecified atom stereocenters. The van der Waals surface area contributed by atoms with E-state index in [4.69, 9.17) is 0 Å². The van der Waals surface area contributed by atoms with E-state index < -0.39 is 12.0 Å². The summed E-state index contributed by atoms with van der Waals surface area (Å²) in [4.78, 5) is 4.76. The van der Waals surface area contributed by atoms with Gasteiger partial charge in [0.2, 0.25) is 0 Å². The number of phenols is 1. The molecule has 138 valence electrons. The number of aromatic amines is 1. The van der Waals surface area contributed by atoms with E-state index in [0.29, 0.717) is 6.42 Å². The van der Waals surface area contributed by atoms with Crippen LogP contribution in [-0.2, 0) is 12.3 Å². The normalized spacial score (nSPS) is 22.6. The van der Waals surface area contributed by atoms with Crippen molar-refractivity contribution in [2.75, 3.05) is 6.54 Å². The number of rotatable bonds is 2. The minimum Gasteiger partial charge on any atom is -0.508 e. The number of benzene rings is 2. The van der Waals surface area contributed by atoms with E-state index in [1.54, 1.807) is 12.1 Å². The Morgan fingerprint density at radius 3 is 2.74 bits per heavy atom. The second-order valence-corrected chi connectivity index (χ2v) is 7.29. The number of aromatic hydroxyl groups is 1. The number of aromatic nitrogens is 1. The molecule has 6 nitrogen and oxygen atoms in total. The highest BCUT2D eigenvalue weighted by Gasteiger charge is 2.45. The molecule has 0 saturated heterocycles. The maximum absolute atomic E-state index is 11.0. The number of aliphatic hydroxyl groups is 3. The van der Waals surface area contributed by atoms with E-state index in [1.807, 2.05) is 30.5 Å². The second-order valence-electron chi connectivity index (χ2n) is 7.29. The maximum Gasteiger partial charge on any atom is 0.254 e. The quantitative estimate of drug-likeness (QED) is 0.445. The summed E-state index contributed by atoms with van der Waals surface area (Å²) in [6, 6.07) is 11.6. The molecule has 0 radical (unpaired) electrons. The first-order valence-electron chi connectivity index (χ1n) is 8.95. The highest BCUT2D eigenvalue weighted by Crippen LogP contribution is 2.43. The van der Waals surface area contributed by atoms with E-state index in [2.05, 4.69) is 4.98 Å². The first-order valence-corrected chi connectivity index (χ1v) is 8.95. The molecule has 27 heavy (non-hydrogen) atoms. The smallest absolute Gasteiger partial charge is 0.254 e. The Hall–Kier alpha value is -2.64. The van der Waals surface area contributed by atoms with Gasteiger partial charge in [-0.05, 0) is 47.4 Å². The van der Waals surface area contributed by atoms with Crippen LogP contribution in [0.3, 0.4) is 0 Å². The standard InChI is InChI=1S/C21H20N2O4/c24-14-4-1-3-13(8-14)21(26,27)23-11-15(25)9-17-16-5-2-6-18-20(16)12(10-22-18)7-19(17)23/h1-6,8-10,15,19,22,24-27H,7,11H2. The Morgan fingerprint density at radius 2 is 1.93 bits per heavy atom. The number of phenolic OH excluding ortho intramolecular Hbond substituents is 1. The molecule has 2 aromatic carbocycles. The molecule has 2 aliphatic rings. The summed E-state index contributed by atoms with van der Waals surface area (Å²) in [5.74, 6) is -2.37. The fourth-order valence-corrected chi connectivity index (χ4v) is 4.45. The van der Waals surface area contributed by atoms with Gasteiger partial charge >= 0.3 is 0 Å². The lowest BCUT2D eigenvalue weighted by molar-refractivity contribution is -0.286. The number of hydrogen-bond donors (Lipinski definition) is 5. The van der Waals surface area contributed by atoms with Crippen molar-refractivity contribution in [3.8, 4) is 5.75 Å². The molecular formula is C21H20N2O4. The van der Waals surface area contributed by atoms with E-state index in [9.17, 15) is 20.4 Å². The number of hydrogen-bond acceptors (Lipinski definition) is 5. The van der Waals surface area contributed by atoms with Crippen LogP contribution in [0.5, 0.6) is 5.75 Å². The molecule has 1 aliphatic carbocycles. The summed E-state index contributed by atoms with van der Waals surface area (Å²) in [7, 11) is 0. The lowest BCUT2D eigenvalue weighted by atomic mass is 9.80. The SMILES string of the molecule is Oc1cccc(C(O)(O)N2CC(O)C=C3c4cccc5[nH]cc(c45)CC32)c1. The Morgan fingerprint density at radius 1 is 1.11 bits per heavy atom. The van der Waals surface area contributed by atoms with E-state index >= 15 is 0 Å².